The summed E-state index contributed by atoms with van der Waals surface area (Å²) in [6, 6.07) is 15.1. The third kappa shape index (κ3) is 6.50. The highest BCUT2D eigenvalue weighted by atomic mass is 19.3. The number of hydrogen-bond donors (Lipinski definition) is 2. The lowest BCUT2D eigenvalue weighted by Crippen LogP contribution is -2.53. The summed E-state index contributed by atoms with van der Waals surface area (Å²) in [7, 11) is 0. The van der Waals surface area contributed by atoms with Gasteiger partial charge in [0.15, 0.2) is 0 Å². The van der Waals surface area contributed by atoms with Crippen molar-refractivity contribution in [3.8, 4) is 5.75 Å². The Balaban J connectivity index is 2.25. The molecule has 0 saturated carbocycles. The predicted molar refractivity (Wildman–Crippen MR) is 122 cm³/mol. The first-order valence-electron chi connectivity index (χ1n) is 11.0. The lowest BCUT2D eigenvalue weighted by atomic mass is 9.77. The smallest absolute Gasteiger partial charge is 0.428 e. The molecule has 0 aliphatic heterocycles. The summed E-state index contributed by atoms with van der Waals surface area (Å²) < 4.78 is 85.4. The van der Waals surface area contributed by atoms with Crippen LogP contribution < -0.4 is 15.4 Å². The summed E-state index contributed by atoms with van der Waals surface area (Å²) in [6.07, 6.45) is -9.07. The number of benzene rings is 3. The molecule has 3 aromatic rings. The van der Waals surface area contributed by atoms with E-state index in [1.165, 1.54) is 12.1 Å². The molecule has 1 atom stereocenters. The molecule has 10 heteroatoms. The average molecular weight is 510 g/mol. The second kappa shape index (κ2) is 10.9. The molecule has 0 radical (unpaired) electrons. The number of urea groups is 1. The minimum absolute atomic E-state index is 0.0286. The van der Waals surface area contributed by atoms with Crippen LogP contribution in [-0.4, -0.2) is 24.6 Å². The zero-order chi connectivity index (χ0) is 26.5. The molecule has 0 saturated heterocycles. The van der Waals surface area contributed by atoms with E-state index in [-0.39, 0.29) is 23.6 Å². The maximum absolute atomic E-state index is 14.7. The van der Waals surface area contributed by atoms with Gasteiger partial charge in [-0.05, 0) is 54.8 Å². The highest BCUT2D eigenvalue weighted by molar-refractivity contribution is 5.76. The number of carbonyl (C=O) groups excluding carboxylic acids is 1. The topological polar surface area (TPSA) is 50.4 Å². The molecule has 2 amide bonds. The molecule has 0 aliphatic carbocycles. The lowest BCUT2D eigenvalue weighted by molar-refractivity contribution is -0.253. The highest BCUT2D eigenvalue weighted by Crippen LogP contribution is 2.37. The fourth-order valence-electron chi connectivity index (χ4n) is 3.76. The standard InChI is InChI=1S/C26H24F6N2O2/c1-16(2)33-24(35)34-25(15-17-6-4-3-5-7-17,18-8-10-20(27)11-9-18)19-12-21(28)14-22(13-19)36-26(31,32)23(29)30/h3-14,16,23H,15H2,1-2H3,(H2,33,34,35)/t25-/m1/s1. The Morgan fingerprint density at radius 3 is 2.11 bits per heavy atom. The zero-order valence-electron chi connectivity index (χ0n) is 19.4. The van der Waals surface area contributed by atoms with Gasteiger partial charge in [-0.3, -0.25) is 0 Å². The van der Waals surface area contributed by atoms with E-state index in [1.807, 2.05) is 0 Å². The zero-order valence-corrected chi connectivity index (χ0v) is 19.4. The molecule has 0 fully saturated rings. The Hall–Kier alpha value is -3.69. The van der Waals surface area contributed by atoms with Crippen LogP contribution in [-0.2, 0) is 12.0 Å². The van der Waals surface area contributed by atoms with E-state index >= 15 is 0 Å². The van der Waals surface area contributed by atoms with E-state index < -0.39 is 41.5 Å². The number of amides is 2. The number of alkyl halides is 4. The van der Waals surface area contributed by atoms with Crippen LogP contribution in [0.4, 0.5) is 31.1 Å². The van der Waals surface area contributed by atoms with Crippen molar-refractivity contribution in [2.45, 2.75) is 44.4 Å². The largest absolute Gasteiger partial charge is 0.461 e. The average Bonchev–Trinajstić information content (AvgIpc) is 2.78. The van der Waals surface area contributed by atoms with Gasteiger partial charge in [0.05, 0.1) is 5.54 Å². The van der Waals surface area contributed by atoms with E-state index in [4.69, 9.17) is 0 Å². The number of carbonyl (C=O) groups is 1. The molecule has 3 aromatic carbocycles. The summed E-state index contributed by atoms with van der Waals surface area (Å²) in [5.74, 6) is -2.53. The van der Waals surface area contributed by atoms with E-state index in [0.717, 1.165) is 24.3 Å². The molecule has 3 rings (SSSR count). The quantitative estimate of drug-likeness (QED) is 0.328. The Labute approximate surface area is 204 Å². The fourth-order valence-corrected chi connectivity index (χ4v) is 3.76. The second-order valence-electron chi connectivity index (χ2n) is 8.47. The summed E-state index contributed by atoms with van der Waals surface area (Å²) in [4.78, 5) is 12.9. The monoisotopic (exact) mass is 510 g/mol. The van der Waals surface area contributed by atoms with Crippen molar-refractivity contribution >= 4 is 6.03 Å². The molecule has 192 valence electrons. The molecule has 4 nitrogen and oxygen atoms in total. The van der Waals surface area contributed by atoms with Crippen LogP contribution in [0.5, 0.6) is 5.75 Å². The van der Waals surface area contributed by atoms with Crippen LogP contribution in [0.2, 0.25) is 0 Å². The van der Waals surface area contributed by atoms with Crippen molar-refractivity contribution in [2.75, 3.05) is 0 Å². The molecule has 36 heavy (non-hydrogen) atoms. The minimum atomic E-state index is -4.88. The van der Waals surface area contributed by atoms with Crippen LogP contribution >= 0.6 is 0 Å². The molecule has 2 N–H and O–H groups in total. The van der Waals surface area contributed by atoms with Crippen molar-refractivity contribution in [1.82, 2.24) is 10.6 Å². The number of halogens is 6. The van der Waals surface area contributed by atoms with Gasteiger partial charge in [-0.25, -0.2) is 13.6 Å². The first-order valence-corrected chi connectivity index (χ1v) is 11.0. The van der Waals surface area contributed by atoms with Crippen molar-refractivity contribution in [3.05, 3.63) is 101 Å². The third-order valence-corrected chi connectivity index (χ3v) is 5.27. The van der Waals surface area contributed by atoms with Gasteiger partial charge >= 0.3 is 18.6 Å². The molecule has 0 unspecified atom stereocenters. The number of hydrogen-bond acceptors (Lipinski definition) is 2. The maximum Gasteiger partial charge on any atom is 0.461 e. The Morgan fingerprint density at radius 1 is 0.889 bits per heavy atom. The van der Waals surface area contributed by atoms with Gasteiger partial charge in [-0.2, -0.15) is 17.6 Å². The van der Waals surface area contributed by atoms with E-state index in [2.05, 4.69) is 15.4 Å². The van der Waals surface area contributed by atoms with Crippen LogP contribution in [0.25, 0.3) is 0 Å². The highest BCUT2D eigenvalue weighted by Gasteiger charge is 2.45. The molecule has 0 heterocycles. The SMILES string of the molecule is CC(C)NC(=O)N[C@](Cc1ccccc1)(c1ccc(F)cc1)c1cc(F)cc(OC(F)(F)C(F)F)c1. The Kier molecular flexibility index (Phi) is 8.17. The van der Waals surface area contributed by atoms with Gasteiger partial charge in [0.2, 0.25) is 0 Å². The van der Waals surface area contributed by atoms with Crippen LogP contribution in [0.15, 0.2) is 72.8 Å². The van der Waals surface area contributed by atoms with E-state index in [1.54, 1.807) is 44.2 Å². The summed E-state index contributed by atoms with van der Waals surface area (Å²) in [6.45, 7) is 3.41. The lowest BCUT2D eigenvalue weighted by Gasteiger charge is -2.37. The van der Waals surface area contributed by atoms with Crippen molar-refractivity contribution in [3.63, 3.8) is 0 Å². The van der Waals surface area contributed by atoms with Gasteiger partial charge in [-0.1, -0.05) is 42.5 Å². The van der Waals surface area contributed by atoms with Gasteiger partial charge < -0.3 is 15.4 Å². The second-order valence-corrected chi connectivity index (χ2v) is 8.47. The molecule has 0 spiro atoms. The Bertz CT molecular complexity index is 1170. The molecule has 0 aliphatic rings. The maximum atomic E-state index is 14.7. The molecular formula is C26H24F6N2O2. The number of rotatable bonds is 9. The van der Waals surface area contributed by atoms with Gasteiger partial charge in [0, 0.05) is 18.5 Å². The molecular weight excluding hydrogens is 486 g/mol. The van der Waals surface area contributed by atoms with Crippen molar-refractivity contribution in [2.24, 2.45) is 0 Å². The summed E-state index contributed by atoms with van der Waals surface area (Å²) in [5.41, 5.74) is -0.800. The van der Waals surface area contributed by atoms with Crippen LogP contribution in [0, 0.1) is 11.6 Å². The van der Waals surface area contributed by atoms with Gasteiger partial charge in [0.25, 0.3) is 0 Å². The fraction of sp³-hybridized carbons (Fsp3) is 0.269. The van der Waals surface area contributed by atoms with Crippen LogP contribution in [0.3, 0.4) is 0 Å². The summed E-state index contributed by atoms with van der Waals surface area (Å²) >= 11 is 0. The predicted octanol–water partition coefficient (Wildman–Crippen LogP) is 6.40. The molecule has 0 aromatic heterocycles. The van der Waals surface area contributed by atoms with Gasteiger partial charge in [0.1, 0.15) is 17.4 Å². The van der Waals surface area contributed by atoms with Crippen LogP contribution in [0.1, 0.15) is 30.5 Å². The minimum Gasteiger partial charge on any atom is -0.428 e. The molecule has 0 bridgehead atoms. The first kappa shape index (κ1) is 26.9. The number of nitrogens with one attached hydrogen (secondary N) is 2. The first-order chi connectivity index (χ1) is 16.9. The number of ether oxygens (including phenoxy) is 1. The third-order valence-electron chi connectivity index (χ3n) is 5.27. The van der Waals surface area contributed by atoms with Crippen molar-refractivity contribution in [1.29, 1.82) is 0 Å². The normalized spacial score (nSPS) is 13.4. The van der Waals surface area contributed by atoms with E-state index in [9.17, 15) is 31.1 Å². The van der Waals surface area contributed by atoms with E-state index in [0.29, 0.717) is 11.6 Å². The van der Waals surface area contributed by atoms with Crippen molar-refractivity contribution < 1.29 is 35.9 Å². The van der Waals surface area contributed by atoms with Gasteiger partial charge in [-0.15, -0.1) is 0 Å². The Morgan fingerprint density at radius 2 is 1.53 bits per heavy atom. The summed E-state index contributed by atoms with van der Waals surface area (Å²) in [5, 5.41) is 5.42.